The van der Waals surface area contributed by atoms with Crippen molar-refractivity contribution in [3.63, 3.8) is 0 Å². The lowest BCUT2D eigenvalue weighted by Crippen LogP contribution is -2.24. The largest absolute Gasteiger partial charge is 0.506 e. The number of halogens is 5. The molecule has 0 spiro atoms. The number of aromatic hydroxyl groups is 1. The van der Waals surface area contributed by atoms with Crippen LogP contribution in [0, 0.1) is 29.1 Å². The monoisotopic (exact) mass is 403 g/mol. The van der Waals surface area contributed by atoms with Gasteiger partial charge in [0.1, 0.15) is 11.3 Å². The number of H-pyrrole nitrogens is 1. The number of aromatic amines is 1. The predicted octanol–water partition coefficient (Wildman–Crippen LogP) is 4.04. The van der Waals surface area contributed by atoms with E-state index in [1.54, 1.807) is 0 Å². The second-order valence-corrected chi connectivity index (χ2v) is 6.43. The highest BCUT2D eigenvalue weighted by Gasteiger charge is 2.30. The first kappa shape index (κ1) is 19.8. The number of nitrogens with one attached hydrogen (secondary N) is 1. The van der Waals surface area contributed by atoms with E-state index in [-0.39, 0.29) is 11.6 Å². The molecule has 10 heteroatoms. The second-order valence-electron chi connectivity index (χ2n) is 6.43. The minimum Gasteiger partial charge on any atom is -0.506 e. The summed E-state index contributed by atoms with van der Waals surface area (Å²) in [4.78, 5) is 26.6. The van der Waals surface area contributed by atoms with Gasteiger partial charge in [-0.1, -0.05) is 19.3 Å². The number of pyridine rings is 1. The van der Waals surface area contributed by atoms with Crippen molar-refractivity contribution in [3.05, 3.63) is 56.8 Å². The molecule has 0 unspecified atom stereocenters. The number of aromatic nitrogens is 1. The number of ether oxygens (including phenoxy) is 1. The lowest BCUT2D eigenvalue weighted by Gasteiger charge is -2.22. The van der Waals surface area contributed by atoms with E-state index >= 15 is 0 Å². The molecular formula is C18H14F5NO4. The third kappa shape index (κ3) is 3.46. The molecular weight excluding hydrogens is 389 g/mol. The number of rotatable bonds is 3. The Hall–Kier alpha value is -2.91. The molecule has 3 rings (SSSR count). The number of benzene rings is 1. The van der Waals surface area contributed by atoms with Crippen molar-refractivity contribution >= 4 is 5.97 Å². The van der Waals surface area contributed by atoms with Crippen molar-refractivity contribution in [2.45, 2.75) is 38.0 Å². The number of carbonyl (C=O) groups excluding carboxylic acids is 1. The zero-order valence-corrected chi connectivity index (χ0v) is 14.3. The summed E-state index contributed by atoms with van der Waals surface area (Å²) in [6.07, 6.45) is 4.26. The normalized spacial score (nSPS) is 14.9. The standard InChI is InChI=1S/C18H14F5NO4/c19-10-11(20)13(22)16(14(23)12(10)21)28-18(27)8-6-9(25)15(24-17(8)26)7-4-2-1-3-5-7/h6-7,25H,1-5H2,(H,24,26). The van der Waals surface area contributed by atoms with Crippen LogP contribution in [0.1, 0.15) is 54.1 Å². The predicted molar refractivity (Wildman–Crippen MR) is 85.7 cm³/mol. The zero-order chi connectivity index (χ0) is 20.6. The van der Waals surface area contributed by atoms with Crippen LogP contribution in [0.2, 0.25) is 0 Å². The summed E-state index contributed by atoms with van der Waals surface area (Å²) in [5.41, 5.74) is -1.65. The number of carbonyl (C=O) groups is 1. The van der Waals surface area contributed by atoms with Crippen LogP contribution in [0.15, 0.2) is 10.9 Å². The molecule has 2 N–H and O–H groups in total. The second kappa shape index (κ2) is 7.61. The number of hydrogen-bond donors (Lipinski definition) is 2. The molecule has 1 fully saturated rings. The van der Waals surface area contributed by atoms with Crippen LogP contribution in [0.25, 0.3) is 0 Å². The van der Waals surface area contributed by atoms with Crippen molar-refractivity contribution in [2.24, 2.45) is 0 Å². The summed E-state index contributed by atoms with van der Waals surface area (Å²) in [7, 11) is 0. The summed E-state index contributed by atoms with van der Waals surface area (Å²) < 4.78 is 70.9. The van der Waals surface area contributed by atoms with Gasteiger partial charge in [-0.2, -0.15) is 8.78 Å². The van der Waals surface area contributed by atoms with Crippen LogP contribution < -0.4 is 10.3 Å². The molecule has 28 heavy (non-hydrogen) atoms. The molecule has 5 nitrogen and oxygen atoms in total. The highest BCUT2D eigenvalue weighted by atomic mass is 19.2. The van der Waals surface area contributed by atoms with Crippen molar-refractivity contribution in [3.8, 4) is 11.5 Å². The first-order valence-corrected chi connectivity index (χ1v) is 8.42. The highest BCUT2D eigenvalue weighted by molar-refractivity contribution is 5.91. The Morgan fingerprint density at radius 3 is 2.07 bits per heavy atom. The molecule has 150 valence electrons. The molecule has 1 aliphatic carbocycles. The van der Waals surface area contributed by atoms with E-state index in [9.17, 15) is 36.6 Å². The van der Waals surface area contributed by atoms with Gasteiger partial charge >= 0.3 is 5.97 Å². The lowest BCUT2D eigenvalue weighted by molar-refractivity contribution is 0.0713. The van der Waals surface area contributed by atoms with Crippen LogP contribution in [0.3, 0.4) is 0 Å². The molecule has 1 heterocycles. The fourth-order valence-electron chi connectivity index (χ4n) is 3.21. The minimum absolute atomic E-state index is 0.123. The van der Waals surface area contributed by atoms with E-state index in [1.165, 1.54) is 0 Å². The summed E-state index contributed by atoms with van der Waals surface area (Å²) in [6.45, 7) is 0. The fraction of sp³-hybridized carbons (Fsp3) is 0.333. The van der Waals surface area contributed by atoms with Crippen LogP contribution in [-0.2, 0) is 0 Å². The fourth-order valence-corrected chi connectivity index (χ4v) is 3.21. The maximum absolute atomic E-state index is 13.6. The maximum Gasteiger partial charge on any atom is 0.349 e. The average molecular weight is 403 g/mol. The highest BCUT2D eigenvalue weighted by Crippen LogP contribution is 2.35. The van der Waals surface area contributed by atoms with Gasteiger partial charge in [0.2, 0.25) is 34.8 Å². The molecule has 2 aromatic rings. The maximum atomic E-state index is 13.6. The smallest absolute Gasteiger partial charge is 0.349 e. The first-order valence-electron chi connectivity index (χ1n) is 8.42. The minimum atomic E-state index is -2.41. The van der Waals surface area contributed by atoms with Crippen LogP contribution in [-0.4, -0.2) is 16.1 Å². The Kier molecular flexibility index (Phi) is 5.39. The van der Waals surface area contributed by atoms with Gasteiger partial charge < -0.3 is 14.8 Å². The summed E-state index contributed by atoms with van der Waals surface area (Å²) in [6, 6.07) is 0.747. The van der Waals surface area contributed by atoms with Crippen molar-refractivity contribution < 1.29 is 36.6 Å². The molecule has 0 amide bonds. The van der Waals surface area contributed by atoms with E-state index in [0.29, 0.717) is 0 Å². The average Bonchev–Trinajstić information content (AvgIpc) is 2.70. The number of hydrogen-bond acceptors (Lipinski definition) is 4. The van der Waals surface area contributed by atoms with E-state index in [1.807, 2.05) is 0 Å². The molecule has 0 radical (unpaired) electrons. The van der Waals surface area contributed by atoms with Gasteiger partial charge in [-0.05, 0) is 12.8 Å². The first-order chi connectivity index (χ1) is 13.2. The molecule has 1 aromatic heterocycles. The molecule has 0 atom stereocenters. The molecule has 1 aromatic carbocycles. The van der Waals surface area contributed by atoms with Crippen LogP contribution >= 0.6 is 0 Å². The van der Waals surface area contributed by atoms with Gasteiger partial charge in [-0.3, -0.25) is 4.79 Å². The van der Waals surface area contributed by atoms with Crippen molar-refractivity contribution in [1.29, 1.82) is 0 Å². The topological polar surface area (TPSA) is 79.4 Å². The van der Waals surface area contributed by atoms with Crippen molar-refractivity contribution in [1.82, 2.24) is 4.98 Å². The Balaban J connectivity index is 1.94. The lowest BCUT2D eigenvalue weighted by atomic mass is 9.86. The van der Waals surface area contributed by atoms with Gasteiger partial charge in [0.15, 0.2) is 0 Å². The Bertz CT molecular complexity index is 969. The Morgan fingerprint density at radius 1 is 0.964 bits per heavy atom. The van der Waals surface area contributed by atoms with E-state index in [0.717, 1.165) is 38.2 Å². The van der Waals surface area contributed by atoms with E-state index < -0.39 is 57.7 Å². The summed E-state index contributed by atoms with van der Waals surface area (Å²) >= 11 is 0. The van der Waals surface area contributed by atoms with Gasteiger partial charge in [0.05, 0.1) is 5.69 Å². The molecule has 0 bridgehead atoms. The molecule has 0 saturated heterocycles. The Morgan fingerprint density at radius 2 is 1.50 bits per heavy atom. The zero-order valence-electron chi connectivity index (χ0n) is 14.3. The van der Waals surface area contributed by atoms with Gasteiger partial charge in [-0.25, -0.2) is 18.0 Å². The van der Waals surface area contributed by atoms with Crippen LogP contribution in [0.4, 0.5) is 22.0 Å². The third-order valence-corrected chi connectivity index (χ3v) is 4.65. The Labute approximate surface area is 154 Å². The number of esters is 1. The third-order valence-electron chi connectivity index (χ3n) is 4.65. The molecule has 0 aliphatic heterocycles. The summed E-state index contributed by atoms with van der Waals surface area (Å²) in [5, 5.41) is 10.1. The quantitative estimate of drug-likeness (QED) is 0.267. The van der Waals surface area contributed by atoms with Gasteiger partial charge in [0, 0.05) is 12.0 Å². The molecule has 1 saturated carbocycles. The van der Waals surface area contributed by atoms with Crippen LogP contribution in [0.5, 0.6) is 11.5 Å². The SMILES string of the molecule is O=C(Oc1c(F)c(F)c(F)c(F)c1F)c1cc(O)c(C2CCCCC2)[nH]c1=O. The van der Waals surface area contributed by atoms with Gasteiger partial charge in [-0.15, -0.1) is 0 Å². The molecule has 1 aliphatic rings. The van der Waals surface area contributed by atoms with Crippen molar-refractivity contribution in [2.75, 3.05) is 0 Å². The summed E-state index contributed by atoms with van der Waals surface area (Å²) in [5.74, 6) is -15.8. The van der Waals surface area contributed by atoms with E-state index in [4.69, 9.17) is 0 Å². The van der Waals surface area contributed by atoms with Gasteiger partial charge in [0.25, 0.3) is 5.56 Å². The van der Waals surface area contributed by atoms with E-state index in [2.05, 4.69) is 9.72 Å².